The Morgan fingerprint density at radius 3 is 1.41 bits per heavy atom. The maximum absolute atomic E-state index is 12.2. The third kappa shape index (κ3) is 8.77. The van der Waals surface area contributed by atoms with E-state index in [-0.39, 0.29) is 0 Å². The average Bonchev–Trinajstić information content (AvgIpc) is 2.18. The van der Waals surface area contributed by atoms with E-state index in [0.29, 0.717) is 0 Å². The van der Waals surface area contributed by atoms with E-state index in [2.05, 4.69) is 0 Å². The van der Waals surface area contributed by atoms with Gasteiger partial charge in [0.25, 0.3) is 5.78 Å². The van der Waals surface area contributed by atoms with Crippen LogP contribution in [-0.4, -0.2) is 40.6 Å². The highest BCUT2D eigenvalue weighted by Gasteiger charge is 2.40. The lowest BCUT2D eigenvalue weighted by molar-refractivity contribution is -0.186. The maximum Gasteiger partial charge on any atom is 0.378 e. The van der Waals surface area contributed by atoms with Crippen molar-refractivity contribution in [1.82, 2.24) is 0 Å². The zero-order valence-electron chi connectivity index (χ0n) is 15.0. The molecule has 6 heteroatoms. The van der Waals surface area contributed by atoms with Crippen LogP contribution in [0, 0.1) is 0 Å². The molecule has 0 aliphatic heterocycles. The van der Waals surface area contributed by atoms with Gasteiger partial charge < -0.3 is 14.2 Å². The summed E-state index contributed by atoms with van der Waals surface area (Å²) in [5.74, 6) is -3.09. The Labute approximate surface area is 132 Å². The van der Waals surface area contributed by atoms with Crippen molar-refractivity contribution in [1.29, 1.82) is 0 Å². The highest BCUT2D eigenvalue weighted by atomic mass is 16.6. The average molecular weight is 316 g/mol. The van der Waals surface area contributed by atoms with Crippen molar-refractivity contribution in [3.63, 3.8) is 0 Å². The summed E-state index contributed by atoms with van der Waals surface area (Å²) in [6.45, 7) is 14.9. The molecule has 22 heavy (non-hydrogen) atoms. The summed E-state index contributed by atoms with van der Waals surface area (Å²) in [4.78, 5) is 36.3. The normalized spacial score (nSPS) is 14.2. The van der Waals surface area contributed by atoms with Crippen molar-refractivity contribution in [3.05, 3.63) is 0 Å². The van der Waals surface area contributed by atoms with Crippen molar-refractivity contribution in [3.8, 4) is 0 Å². The molecule has 0 heterocycles. The van der Waals surface area contributed by atoms with Gasteiger partial charge in [-0.3, -0.25) is 4.79 Å². The lowest BCUT2D eigenvalue weighted by Crippen LogP contribution is -2.47. The van der Waals surface area contributed by atoms with Gasteiger partial charge in [-0.1, -0.05) is 0 Å². The van der Waals surface area contributed by atoms with Gasteiger partial charge in [-0.15, -0.1) is 0 Å². The second kappa shape index (κ2) is 6.77. The first-order valence-corrected chi connectivity index (χ1v) is 7.20. The van der Waals surface area contributed by atoms with E-state index in [1.54, 1.807) is 62.3 Å². The summed E-state index contributed by atoms with van der Waals surface area (Å²) < 4.78 is 15.6. The lowest BCUT2D eigenvalue weighted by atomic mass is 10.1. The fraction of sp³-hybridized carbons (Fsp3) is 0.812. The van der Waals surface area contributed by atoms with Crippen LogP contribution >= 0.6 is 0 Å². The summed E-state index contributed by atoms with van der Waals surface area (Å²) in [6, 6.07) is 0. The molecule has 6 nitrogen and oxygen atoms in total. The molecule has 0 aromatic rings. The Balaban J connectivity index is 5.28. The van der Waals surface area contributed by atoms with Gasteiger partial charge in [0, 0.05) is 0 Å². The highest BCUT2D eigenvalue weighted by molar-refractivity contribution is 6.39. The standard InChI is InChI=1S/C16H28O6/c1-14(2,3)20-11(13(19)22-16(7,8)9)10(17)12(18)21-15(4,5)6/h11H,1-9H3. The summed E-state index contributed by atoms with van der Waals surface area (Å²) in [5, 5.41) is 0. The predicted molar refractivity (Wildman–Crippen MR) is 81.3 cm³/mol. The van der Waals surface area contributed by atoms with Crippen LogP contribution in [0.2, 0.25) is 0 Å². The van der Waals surface area contributed by atoms with E-state index in [0.717, 1.165) is 0 Å². The molecule has 0 rings (SSSR count). The molecule has 0 aromatic heterocycles. The fourth-order valence-electron chi connectivity index (χ4n) is 1.35. The Bertz CT molecular complexity index is 431. The summed E-state index contributed by atoms with van der Waals surface area (Å²) >= 11 is 0. The SMILES string of the molecule is CC(C)(C)OC(=O)C(=O)C(OC(C)(C)C)C(=O)OC(C)(C)C. The van der Waals surface area contributed by atoms with Gasteiger partial charge in [-0.2, -0.15) is 0 Å². The van der Waals surface area contributed by atoms with Gasteiger partial charge in [0.15, 0.2) is 0 Å². The molecular weight excluding hydrogens is 288 g/mol. The first kappa shape index (κ1) is 20.6. The van der Waals surface area contributed by atoms with Gasteiger partial charge in [0.05, 0.1) is 5.60 Å². The quantitative estimate of drug-likeness (QED) is 0.450. The number of esters is 2. The Hall–Kier alpha value is -1.43. The molecule has 0 saturated carbocycles. The second-order valence-electron chi connectivity index (χ2n) is 8.01. The minimum absolute atomic E-state index is 0.801. The van der Waals surface area contributed by atoms with E-state index in [4.69, 9.17) is 14.2 Å². The number of ether oxygens (including phenoxy) is 3. The summed E-state index contributed by atoms with van der Waals surface area (Å²) in [7, 11) is 0. The number of ketones is 1. The maximum atomic E-state index is 12.2. The number of Topliss-reactive ketones (excluding diaryl/α,β-unsaturated/α-hetero) is 1. The van der Waals surface area contributed by atoms with E-state index in [1.807, 2.05) is 0 Å². The predicted octanol–water partition coefficient (Wildman–Crippen LogP) is 2.42. The minimum Gasteiger partial charge on any atom is -0.458 e. The zero-order valence-corrected chi connectivity index (χ0v) is 15.0. The monoisotopic (exact) mass is 316 g/mol. The van der Waals surface area contributed by atoms with Crippen molar-refractivity contribution >= 4 is 17.7 Å². The lowest BCUT2D eigenvalue weighted by Gasteiger charge is -2.28. The van der Waals surface area contributed by atoms with Crippen LogP contribution in [0.3, 0.4) is 0 Å². The van der Waals surface area contributed by atoms with E-state index in [1.165, 1.54) is 0 Å². The molecule has 0 N–H and O–H groups in total. The van der Waals surface area contributed by atoms with Crippen LogP contribution in [0.15, 0.2) is 0 Å². The van der Waals surface area contributed by atoms with Gasteiger partial charge in [0.1, 0.15) is 11.2 Å². The van der Waals surface area contributed by atoms with Gasteiger partial charge in [-0.25, -0.2) is 9.59 Å². The third-order valence-corrected chi connectivity index (χ3v) is 1.93. The van der Waals surface area contributed by atoms with E-state index in [9.17, 15) is 14.4 Å². The highest BCUT2D eigenvalue weighted by Crippen LogP contribution is 2.18. The summed E-state index contributed by atoms with van der Waals surface area (Å²) in [6.07, 6.45) is -1.64. The van der Waals surface area contributed by atoms with Crippen LogP contribution in [0.25, 0.3) is 0 Å². The molecule has 0 radical (unpaired) electrons. The van der Waals surface area contributed by atoms with Crippen LogP contribution in [0.4, 0.5) is 0 Å². The molecule has 0 spiro atoms. The number of carbonyl (C=O) groups excluding carboxylic acids is 3. The van der Waals surface area contributed by atoms with E-state index < -0.39 is 40.6 Å². The first-order chi connectivity index (χ1) is 9.52. The number of hydrogen-bond acceptors (Lipinski definition) is 6. The largest absolute Gasteiger partial charge is 0.458 e. The summed E-state index contributed by atoms with van der Waals surface area (Å²) in [5.41, 5.74) is -2.45. The topological polar surface area (TPSA) is 78.9 Å². The van der Waals surface area contributed by atoms with Gasteiger partial charge in [-0.05, 0) is 62.3 Å². The Morgan fingerprint density at radius 1 is 0.682 bits per heavy atom. The molecule has 0 bridgehead atoms. The number of carbonyl (C=O) groups is 3. The van der Waals surface area contributed by atoms with Crippen molar-refractivity contribution in [2.45, 2.75) is 85.2 Å². The molecule has 1 atom stereocenters. The van der Waals surface area contributed by atoms with Crippen LogP contribution in [0.1, 0.15) is 62.3 Å². The molecule has 0 saturated heterocycles. The molecule has 0 aliphatic carbocycles. The van der Waals surface area contributed by atoms with Crippen molar-refractivity contribution in [2.24, 2.45) is 0 Å². The molecule has 1 unspecified atom stereocenters. The number of rotatable bonds is 4. The fourth-order valence-corrected chi connectivity index (χ4v) is 1.35. The Kier molecular flexibility index (Phi) is 6.33. The molecule has 0 aromatic carbocycles. The molecule has 128 valence electrons. The molecule has 0 aliphatic rings. The molecular formula is C16H28O6. The van der Waals surface area contributed by atoms with Crippen LogP contribution in [0.5, 0.6) is 0 Å². The van der Waals surface area contributed by atoms with E-state index >= 15 is 0 Å². The van der Waals surface area contributed by atoms with Crippen LogP contribution in [-0.2, 0) is 28.6 Å². The van der Waals surface area contributed by atoms with Crippen molar-refractivity contribution < 1.29 is 28.6 Å². The third-order valence-electron chi connectivity index (χ3n) is 1.93. The first-order valence-electron chi connectivity index (χ1n) is 7.20. The Morgan fingerprint density at radius 2 is 1.09 bits per heavy atom. The zero-order chi connectivity index (χ0) is 17.9. The van der Waals surface area contributed by atoms with Gasteiger partial charge >= 0.3 is 11.9 Å². The van der Waals surface area contributed by atoms with Crippen molar-refractivity contribution in [2.75, 3.05) is 0 Å². The molecule has 0 fully saturated rings. The van der Waals surface area contributed by atoms with Crippen LogP contribution < -0.4 is 0 Å². The van der Waals surface area contributed by atoms with Gasteiger partial charge in [0.2, 0.25) is 6.10 Å². The minimum atomic E-state index is -1.64. The number of hydrogen-bond donors (Lipinski definition) is 0. The molecule has 0 amide bonds. The smallest absolute Gasteiger partial charge is 0.378 e. The second-order valence-corrected chi connectivity index (χ2v) is 8.01.